The van der Waals surface area contributed by atoms with Crippen molar-refractivity contribution in [2.45, 2.75) is 46.6 Å². The van der Waals surface area contributed by atoms with Gasteiger partial charge >= 0.3 is 6.03 Å². The zero-order valence-corrected chi connectivity index (χ0v) is 13.6. The summed E-state index contributed by atoms with van der Waals surface area (Å²) in [7, 11) is 0. The number of carbonyl (C=O) groups is 1. The Labute approximate surface area is 128 Å². The molecule has 0 heterocycles. The van der Waals surface area contributed by atoms with Crippen LogP contribution in [0.2, 0.25) is 0 Å². The van der Waals surface area contributed by atoms with Gasteiger partial charge in [-0.25, -0.2) is 4.79 Å². The van der Waals surface area contributed by atoms with Gasteiger partial charge in [-0.3, -0.25) is 0 Å². The molecular weight excluding hydrogens is 264 g/mol. The number of rotatable bonds is 7. The fourth-order valence-electron chi connectivity index (χ4n) is 2.60. The quantitative estimate of drug-likeness (QED) is 0.812. The van der Waals surface area contributed by atoms with Gasteiger partial charge in [0.05, 0.1) is 6.61 Å². The number of aryl methyl sites for hydroxylation is 2. The zero-order chi connectivity index (χ0) is 15.8. The van der Waals surface area contributed by atoms with Gasteiger partial charge < -0.3 is 15.3 Å². The summed E-state index contributed by atoms with van der Waals surface area (Å²) >= 11 is 0. The van der Waals surface area contributed by atoms with Gasteiger partial charge in [-0.15, -0.1) is 0 Å². The first-order valence-corrected chi connectivity index (χ1v) is 7.69. The van der Waals surface area contributed by atoms with Gasteiger partial charge in [0.1, 0.15) is 0 Å². The molecule has 4 nitrogen and oxygen atoms in total. The maximum absolute atomic E-state index is 12.2. The van der Waals surface area contributed by atoms with Crippen molar-refractivity contribution >= 4 is 6.03 Å². The van der Waals surface area contributed by atoms with Crippen LogP contribution in [0.4, 0.5) is 4.79 Å². The minimum atomic E-state index is -0.0947. The first-order valence-electron chi connectivity index (χ1n) is 7.69. The maximum atomic E-state index is 12.2. The van der Waals surface area contributed by atoms with Gasteiger partial charge in [0.25, 0.3) is 0 Å². The predicted octanol–water partition coefficient (Wildman–Crippen LogP) is 2.65. The van der Waals surface area contributed by atoms with E-state index in [9.17, 15) is 4.79 Å². The number of urea groups is 1. The maximum Gasteiger partial charge on any atom is 0.317 e. The number of benzene rings is 1. The molecular formula is C17H28N2O2. The van der Waals surface area contributed by atoms with E-state index in [0.29, 0.717) is 13.1 Å². The highest BCUT2D eigenvalue weighted by Gasteiger charge is 2.14. The highest BCUT2D eigenvalue weighted by molar-refractivity contribution is 5.74. The average Bonchev–Trinajstić information content (AvgIpc) is 2.36. The van der Waals surface area contributed by atoms with E-state index in [1.807, 2.05) is 13.8 Å². The Bertz CT molecular complexity index is 434. The zero-order valence-electron chi connectivity index (χ0n) is 13.6. The molecule has 0 fully saturated rings. The fraction of sp³-hybridized carbons (Fsp3) is 0.588. The number of carbonyl (C=O) groups excluding carboxylic acids is 1. The topological polar surface area (TPSA) is 52.6 Å². The molecule has 4 heteroatoms. The number of hydrogen-bond donors (Lipinski definition) is 2. The molecule has 1 atom stereocenters. The lowest BCUT2D eigenvalue weighted by atomic mass is 10.0. The van der Waals surface area contributed by atoms with Crippen LogP contribution in [-0.2, 0) is 6.42 Å². The van der Waals surface area contributed by atoms with Crippen LogP contribution in [0.3, 0.4) is 0 Å². The summed E-state index contributed by atoms with van der Waals surface area (Å²) in [6.07, 6.45) is 1.70. The SMILES string of the molecule is CCCN(CCO)C(=O)NC(C)Cc1cc(C)cc(C)c1. The molecule has 0 saturated carbocycles. The van der Waals surface area contributed by atoms with Crippen molar-refractivity contribution in [3.63, 3.8) is 0 Å². The van der Waals surface area contributed by atoms with E-state index in [0.717, 1.165) is 12.8 Å². The lowest BCUT2D eigenvalue weighted by molar-refractivity contribution is 0.174. The van der Waals surface area contributed by atoms with Crippen molar-refractivity contribution in [2.75, 3.05) is 19.7 Å². The Hall–Kier alpha value is -1.55. The van der Waals surface area contributed by atoms with Gasteiger partial charge in [-0.05, 0) is 39.2 Å². The van der Waals surface area contributed by atoms with Crippen LogP contribution < -0.4 is 5.32 Å². The fourth-order valence-corrected chi connectivity index (χ4v) is 2.60. The lowest BCUT2D eigenvalue weighted by Crippen LogP contribution is -2.45. The summed E-state index contributed by atoms with van der Waals surface area (Å²) in [5.41, 5.74) is 3.73. The van der Waals surface area contributed by atoms with Crippen LogP contribution in [0, 0.1) is 13.8 Å². The van der Waals surface area contributed by atoms with Crippen LogP contribution in [0.5, 0.6) is 0 Å². The van der Waals surface area contributed by atoms with Crippen LogP contribution in [0.15, 0.2) is 18.2 Å². The van der Waals surface area contributed by atoms with Crippen molar-refractivity contribution in [3.05, 3.63) is 34.9 Å². The number of nitrogens with zero attached hydrogens (tertiary/aromatic N) is 1. The molecule has 0 bridgehead atoms. The third-order valence-electron chi connectivity index (χ3n) is 3.34. The summed E-state index contributed by atoms with van der Waals surface area (Å²) in [4.78, 5) is 13.8. The minimum Gasteiger partial charge on any atom is -0.395 e. The van der Waals surface area contributed by atoms with Crippen LogP contribution in [0.1, 0.15) is 37.0 Å². The molecule has 0 aromatic heterocycles. The average molecular weight is 292 g/mol. The van der Waals surface area contributed by atoms with Crippen molar-refractivity contribution < 1.29 is 9.90 Å². The Balaban J connectivity index is 2.58. The van der Waals surface area contributed by atoms with Crippen LogP contribution >= 0.6 is 0 Å². The van der Waals surface area contributed by atoms with Crippen molar-refractivity contribution in [3.8, 4) is 0 Å². The van der Waals surface area contributed by atoms with E-state index < -0.39 is 0 Å². The summed E-state index contributed by atoms with van der Waals surface area (Å²) in [6.45, 7) is 9.26. The highest BCUT2D eigenvalue weighted by atomic mass is 16.3. The molecule has 0 saturated heterocycles. The highest BCUT2D eigenvalue weighted by Crippen LogP contribution is 2.11. The van der Waals surface area contributed by atoms with Crippen LogP contribution in [0.25, 0.3) is 0 Å². The van der Waals surface area contributed by atoms with Gasteiger partial charge in [0, 0.05) is 19.1 Å². The summed E-state index contributed by atoms with van der Waals surface area (Å²) in [5.74, 6) is 0. The normalized spacial score (nSPS) is 12.0. The largest absolute Gasteiger partial charge is 0.395 e. The molecule has 21 heavy (non-hydrogen) atoms. The molecule has 1 unspecified atom stereocenters. The molecule has 2 N–H and O–H groups in total. The molecule has 0 aliphatic carbocycles. The van der Waals surface area contributed by atoms with Crippen molar-refractivity contribution in [1.82, 2.24) is 10.2 Å². The van der Waals surface area contributed by atoms with Gasteiger partial charge in [0.2, 0.25) is 0 Å². The molecule has 2 amide bonds. The second-order valence-corrected chi connectivity index (χ2v) is 5.76. The second kappa shape index (κ2) is 8.67. The van der Waals surface area contributed by atoms with Crippen molar-refractivity contribution in [1.29, 1.82) is 0 Å². The first-order chi connectivity index (χ1) is 9.96. The Morgan fingerprint density at radius 2 is 1.86 bits per heavy atom. The predicted molar refractivity (Wildman–Crippen MR) is 86.6 cm³/mol. The van der Waals surface area contributed by atoms with Crippen molar-refractivity contribution in [2.24, 2.45) is 0 Å². The smallest absolute Gasteiger partial charge is 0.317 e. The molecule has 1 rings (SSSR count). The van der Waals surface area contributed by atoms with E-state index in [-0.39, 0.29) is 18.7 Å². The molecule has 1 aromatic rings. The summed E-state index contributed by atoms with van der Waals surface area (Å²) in [6, 6.07) is 6.44. The Kier molecular flexibility index (Phi) is 7.23. The third-order valence-corrected chi connectivity index (χ3v) is 3.34. The van der Waals surface area contributed by atoms with Crippen LogP contribution in [-0.4, -0.2) is 41.8 Å². The standard InChI is InChI=1S/C17H28N2O2/c1-5-6-19(7-8-20)17(21)18-15(4)12-16-10-13(2)9-14(3)11-16/h9-11,15,20H,5-8,12H2,1-4H3,(H,18,21). The Morgan fingerprint density at radius 1 is 1.24 bits per heavy atom. The minimum absolute atomic E-state index is 0.00112. The lowest BCUT2D eigenvalue weighted by Gasteiger charge is -2.24. The second-order valence-electron chi connectivity index (χ2n) is 5.76. The molecule has 0 radical (unpaired) electrons. The number of hydrogen-bond acceptors (Lipinski definition) is 2. The summed E-state index contributed by atoms with van der Waals surface area (Å²) in [5, 5.41) is 12.0. The third kappa shape index (κ3) is 6.17. The van der Waals surface area contributed by atoms with E-state index >= 15 is 0 Å². The number of aliphatic hydroxyl groups is 1. The summed E-state index contributed by atoms with van der Waals surface area (Å²) < 4.78 is 0. The number of amides is 2. The molecule has 0 aliphatic rings. The first kappa shape index (κ1) is 17.5. The van der Waals surface area contributed by atoms with Gasteiger partial charge in [-0.2, -0.15) is 0 Å². The molecule has 118 valence electrons. The van der Waals surface area contributed by atoms with E-state index in [1.54, 1.807) is 4.90 Å². The molecule has 0 spiro atoms. The van der Waals surface area contributed by atoms with Gasteiger partial charge in [0.15, 0.2) is 0 Å². The van der Waals surface area contributed by atoms with E-state index in [4.69, 9.17) is 5.11 Å². The number of aliphatic hydroxyl groups excluding tert-OH is 1. The Morgan fingerprint density at radius 3 is 2.38 bits per heavy atom. The molecule has 1 aromatic carbocycles. The molecule has 0 aliphatic heterocycles. The van der Waals surface area contributed by atoms with E-state index in [1.165, 1.54) is 16.7 Å². The van der Waals surface area contributed by atoms with E-state index in [2.05, 4.69) is 37.4 Å². The monoisotopic (exact) mass is 292 g/mol. The van der Waals surface area contributed by atoms with Gasteiger partial charge in [-0.1, -0.05) is 36.2 Å². The number of nitrogens with one attached hydrogen (secondary N) is 1.